The highest BCUT2D eigenvalue weighted by molar-refractivity contribution is 6.30. The van der Waals surface area contributed by atoms with Gasteiger partial charge >= 0.3 is 0 Å². The number of ether oxygens (including phenoxy) is 1. The molecule has 1 rings (SSSR count). The second-order valence-corrected chi connectivity index (χ2v) is 4.40. The number of carbonyl (C=O) groups excluding carboxylic acids is 1. The van der Waals surface area contributed by atoms with Crippen molar-refractivity contribution in [2.75, 3.05) is 6.54 Å². The van der Waals surface area contributed by atoms with E-state index in [9.17, 15) is 4.79 Å². The van der Waals surface area contributed by atoms with Crippen LogP contribution in [0.15, 0.2) is 18.2 Å². The molecule has 0 aliphatic rings. The zero-order valence-corrected chi connectivity index (χ0v) is 11.2. The topological polar surface area (TPSA) is 38.3 Å². The number of aryl methyl sites for hydroxylation is 1. The molecule has 0 saturated carbocycles. The van der Waals surface area contributed by atoms with Crippen molar-refractivity contribution in [3.8, 4) is 5.75 Å². The molecule has 0 aromatic heterocycles. The Morgan fingerprint density at radius 2 is 2.24 bits per heavy atom. The van der Waals surface area contributed by atoms with Crippen LogP contribution < -0.4 is 10.1 Å². The summed E-state index contributed by atoms with van der Waals surface area (Å²) in [7, 11) is 0. The number of hydrogen-bond donors (Lipinski definition) is 1. The van der Waals surface area contributed by atoms with Crippen LogP contribution in [0.2, 0.25) is 5.02 Å². The molecular weight excluding hydrogens is 238 g/mol. The zero-order valence-electron chi connectivity index (χ0n) is 10.4. The molecule has 1 aromatic carbocycles. The molecule has 0 aliphatic carbocycles. The monoisotopic (exact) mass is 255 g/mol. The van der Waals surface area contributed by atoms with Gasteiger partial charge in [0.05, 0.1) is 0 Å². The molecule has 0 aliphatic heterocycles. The number of rotatable bonds is 5. The number of carbonyl (C=O) groups is 1. The van der Waals surface area contributed by atoms with E-state index in [1.54, 1.807) is 19.1 Å². The van der Waals surface area contributed by atoms with Crippen molar-refractivity contribution >= 4 is 17.5 Å². The Kier molecular flexibility index (Phi) is 5.29. The maximum Gasteiger partial charge on any atom is 0.260 e. The normalized spacial score (nSPS) is 12.0. The summed E-state index contributed by atoms with van der Waals surface area (Å²) in [6.07, 6.45) is 0.396. The lowest BCUT2D eigenvalue weighted by molar-refractivity contribution is -0.127. The standard InChI is InChI=1S/C13H18ClNO2/c1-4-7-15-13(16)10(3)17-12-8-11(14)6-5-9(12)2/h5-6,8,10H,4,7H2,1-3H3,(H,15,16)/t10-/m1/s1. The Balaban J connectivity index is 2.64. The molecule has 0 heterocycles. The van der Waals surface area contributed by atoms with Crippen molar-refractivity contribution in [2.45, 2.75) is 33.3 Å². The number of halogens is 1. The van der Waals surface area contributed by atoms with Crippen molar-refractivity contribution in [2.24, 2.45) is 0 Å². The molecule has 0 radical (unpaired) electrons. The highest BCUT2D eigenvalue weighted by atomic mass is 35.5. The number of hydrogen-bond acceptors (Lipinski definition) is 2. The van der Waals surface area contributed by atoms with Crippen molar-refractivity contribution in [1.29, 1.82) is 0 Å². The predicted octanol–water partition coefficient (Wildman–Crippen LogP) is 2.94. The molecule has 1 atom stereocenters. The fourth-order valence-corrected chi connectivity index (χ4v) is 1.50. The van der Waals surface area contributed by atoms with E-state index in [0.29, 0.717) is 17.3 Å². The smallest absolute Gasteiger partial charge is 0.260 e. The SMILES string of the molecule is CCCNC(=O)[C@@H](C)Oc1cc(Cl)ccc1C. The van der Waals surface area contributed by atoms with Gasteiger partial charge in [-0.15, -0.1) is 0 Å². The van der Waals surface area contributed by atoms with Gasteiger partial charge in [0.1, 0.15) is 5.75 Å². The van der Waals surface area contributed by atoms with Gasteiger partial charge in [-0.3, -0.25) is 4.79 Å². The first-order valence-electron chi connectivity index (χ1n) is 5.75. The molecule has 0 unspecified atom stereocenters. The molecule has 1 amide bonds. The summed E-state index contributed by atoms with van der Waals surface area (Å²) in [5, 5.41) is 3.39. The van der Waals surface area contributed by atoms with Gasteiger partial charge in [-0.1, -0.05) is 24.6 Å². The van der Waals surface area contributed by atoms with E-state index in [1.165, 1.54) is 0 Å². The average molecular weight is 256 g/mol. The summed E-state index contributed by atoms with van der Waals surface area (Å²) in [6.45, 7) is 6.32. The Morgan fingerprint density at radius 1 is 1.53 bits per heavy atom. The Bertz CT molecular complexity index is 393. The van der Waals surface area contributed by atoms with Crippen LogP contribution in [0.4, 0.5) is 0 Å². The molecule has 1 N–H and O–H groups in total. The third-order valence-electron chi connectivity index (χ3n) is 2.37. The molecule has 0 spiro atoms. The lowest BCUT2D eigenvalue weighted by Gasteiger charge is -2.16. The van der Waals surface area contributed by atoms with E-state index in [0.717, 1.165) is 12.0 Å². The maximum atomic E-state index is 11.6. The maximum absolute atomic E-state index is 11.6. The van der Waals surface area contributed by atoms with Crippen LogP contribution in [0.5, 0.6) is 5.75 Å². The fraction of sp³-hybridized carbons (Fsp3) is 0.462. The minimum Gasteiger partial charge on any atom is -0.481 e. The minimum atomic E-state index is -0.515. The lowest BCUT2D eigenvalue weighted by Crippen LogP contribution is -2.36. The van der Waals surface area contributed by atoms with E-state index in [-0.39, 0.29) is 5.91 Å². The number of amides is 1. The summed E-state index contributed by atoms with van der Waals surface area (Å²) in [6, 6.07) is 5.39. The summed E-state index contributed by atoms with van der Waals surface area (Å²) >= 11 is 5.88. The summed E-state index contributed by atoms with van der Waals surface area (Å²) in [5.41, 5.74) is 0.963. The fourth-order valence-electron chi connectivity index (χ4n) is 1.34. The molecule has 0 saturated heterocycles. The van der Waals surface area contributed by atoms with E-state index in [1.807, 2.05) is 19.9 Å². The number of nitrogens with one attached hydrogen (secondary N) is 1. The first-order chi connectivity index (χ1) is 8.04. The van der Waals surface area contributed by atoms with Crippen LogP contribution in [0, 0.1) is 6.92 Å². The zero-order chi connectivity index (χ0) is 12.8. The van der Waals surface area contributed by atoms with Crippen LogP contribution >= 0.6 is 11.6 Å². The first kappa shape index (κ1) is 13.8. The predicted molar refractivity (Wildman–Crippen MR) is 69.6 cm³/mol. The number of benzene rings is 1. The van der Waals surface area contributed by atoms with Crippen LogP contribution in [0.3, 0.4) is 0 Å². The highest BCUT2D eigenvalue weighted by Gasteiger charge is 2.14. The highest BCUT2D eigenvalue weighted by Crippen LogP contribution is 2.23. The van der Waals surface area contributed by atoms with E-state index in [4.69, 9.17) is 16.3 Å². The Morgan fingerprint density at radius 3 is 2.88 bits per heavy atom. The quantitative estimate of drug-likeness (QED) is 0.879. The third-order valence-corrected chi connectivity index (χ3v) is 2.61. The minimum absolute atomic E-state index is 0.105. The van der Waals surface area contributed by atoms with Crippen molar-refractivity contribution in [3.05, 3.63) is 28.8 Å². The molecular formula is C13H18ClNO2. The van der Waals surface area contributed by atoms with Crippen LogP contribution in [-0.2, 0) is 4.79 Å². The lowest BCUT2D eigenvalue weighted by atomic mass is 10.2. The van der Waals surface area contributed by atoms with E-state index >= 15 is 0 Å². The van der Waals surface area contributed by atoms with Gasteiger partial charge in [0.25, 0.3) is 5.91 Å². The molecule has 0 bridgehead atoms. The van der Waals surface area contributed by atoms with Crippen LogP contribution in [-0.4, -0.2) is 18.6 Å². The van der Waals surface area contributed by atoms with Crippen molar-refractivity contribution < 1.29 is 9.53 Å². The van der Waals surface area contributed by atoms with Crippen molar-refractivity contribution in [1.82, 2.24) is 5.32 Å². The van der Waals surface area contributed by atoms with Gasteiger partial charge in [0.15, 0.2) is 6.10 Å². The van der Waals surface area contributed by atoms with Crippen molar-refractivity contribution in [3.63, 3.8) is 0 Å². The Labute approximate surface area is 107 Å². The van der Waals surface area contributed by atoms with Gasteiger partial charge in [0, 0.05) is 11.6 Å². The van der Waals surface area contributed by atoms with Crippen LogP contribution in [0.1, 0.15) is 25.8 Å². The molecule has 4 heteroatoms. The third kappa shape index (κ3) is 4.27. The van der Waals surface area contributed by atoms with Gasteiger partial charge in [-0.25, -0.2) is 0 Å². The van der Waals surface area contributed by atoms with Crippen LogP contribution in [0.25, 0.3) is 0 Å². The summed E-state index contributed by atoms with van der Waals surface area (Å²) in [5.74, 6) is 0.544. The summed E-state index contributed by atoms with van der Waals surface area (Å²) < 4.78 is 5.59. The van der Waals surface area contributed by atoms with E-state index in [2.05, 4.69) is 5.32 Å². The molecule has 3 nitrogen and oxygen atoms in total. The molecule has 0 fully saturated rings. The second-order valence-electron chi connectivity index (χ2n) is 3.96. The molecule has 94 valence electrons. The average Bonchev–Trinajstić information content (AvgIpc) is 2.30. The second kappa shape index (κ2) is 6.50. The molecule has 1 aromatic rings. The van der Waals surface area contributed by atoms with Gasteiger partial charge in [0.2, 0.25) is 0 Å². The molecule has 17 heavy (non-hydrogen) atoms. The largest absolute Gasteiger partial charge is 0.481 e. The first-order valence-corrected chi connectivity index (χ1v) is 6.13. The van der Waals surface area contributed by atoms with E-state index < -0.39 is 6.10 Å². The summed E-state index contributed by atoms with van der Waals surface area (Å²) in [4.78, 5) is 11.6. The van der Waals surface area contributed by atoms with Gasteiger partial charge in [-0.2, -0.15) is 0 Å². The van der Waals surface area contributed by atoms with Gasteiger partial charge in [-0.05, 0) is 38.0 Å². The Hall–Kier alpha value is -1.22. The van der Waals surface area contributed by atoms with Gasteiger partial charge < -0.3 is 10.1 Å².